The Labute approximate surface area is 152 Å². The molecule has 142 valence electrons. The van der Waals surface area contributed by atoms with Crippen LogP contribution >= 0.6 is 12.4 Å². The first kappa shape index (κ1) is 23.7. The average Bonchev–Trinajstić information content (AvgIpc) is 2.50. The van der Waals surface area contributed by atoms with Crippen LogP contribution in [0.2, 0.25) is 0 Å². The molecular weight excluding hydrogens is 379 g/mol. The molecule has 0 saturated heterocycles. The number of hydrogen-bond acceptors (Lipinski definition) is 4. The molecule has 0 aliphatic heterocycles. The lowest BCUT2D eigenvalue weighted by atomic mass is 10.0. The third-order valence-corrected chi connectivity index (χ3v) is 5.61. The number of halogens is 4. The Balaban J connectivity index is 0.00000576. The van der Waals surface area contributed by atoms with Crippen LogP contribution in [0, 0.1) is 17.2 Å². The second-order valence-electron chi connectivity index (χ2n) is 5.84. The molecule has 10 heteroatoms. The van der Waals surface area contributed by atoms with Crippen molar-refractivity contribution in [1.82, 2.24) is 4.31 Å². The van der Waals surface area contributed by atoms with Crippen molar-refractivity contribution in [3.8, 4) is 6.07 Å². The number of nitrogens with two attached hydrogens (primary N) is 1. The molecule has 0 bridgehead atoms. The summed E-state index contributed by atoms with van der Waals surface area (Å²) in [5.41, 5.74) is 3.97. The van der Waals surface area contributed by atoms with Gasteiger partial charge in [0.1, 0.15) is 0 Å². The van der Waals surface area contributed by atoms with Crippen molar-refractivity contribution < 1.29 is 21.6 Å². The summed E-state index contributed by atoms with van der Waals surface area (Å²) in [5, 5.41) is 8.76. The van der Waals surface area contributed by atoms with Crippen LogP contribution < -0.4 is 5.73 Å². The normalized spacial score (nSPS) is 13.4. The molecule has 0 amide bonds. The SMILES string of the molecule is CC(C)C(N)CCN(C)S(=O)(=O)c1ccc(C#N)c(C(F)(F)F)c1.Cl. The van der Waals surface area contributed by atoms with E-state index in [0.29, 0.717) is 12.5 Å². The van der Waals surface area contributed by atoms with Crippen molar-refractivity contribution >= 4 is 22.4 Å². The van der Waals surface area contributed by atoms with Gasteiger partial charge in [-0.25, -0.2) is 12.7 Å². The van der Waals surface area contributed by atoms with Gasteiger partial charge in [0.15, 0.2) is 0 Å². The van der Waals surface area contributed by atoms with Crippen LogP contribution in [0.3, 0.4) is 0 Å². The van der Waals surface area contributed by atoms with E-state index in [2.05, 4.69) is 0 Å². The average molecular weight is 400 g/mol. The first-order valence-electron chi connectivity index (χ1n) is 7.24. The molecular formula is C15H21ClF3N3O2S. The quantitative estimate of drug-likeness (QED) is 0.796. The fourth-order valence-corrected chi connectivity index (χ4v) is 3.19. The second kappa shape index (κ2) is 8.85. The minimum absolute atomic E-state index is 0. The predicted molar refractivity (Wildman–Crippen MR) is 90.7 cm³/mol. The molecule has 0 aliphatic carbocycles. The van der Waals surface area contributed by atoms with Crippen molar-refractivity contribution in [2.24, 2.45) is 11.7 Å². The number of benzene rings is 1. The molecule has 5 nitrogen and oxygen atoms in total. The van der Waals surface area contributed by atoms with Crippen molar-refractivity contribution in [2.75, 3.05) is 13.6 Å². The summed E-state index contributed by atoms with van der Waals surface area (Å²) in [7, 11) is -2.81. The lowest BCUT2D eigenvalue weighted by molar-refractivity contribution is -0.137. The largest absolute Gasteiger partial charge is 0.417 e. The number of hydrogen-bond donors (Lipinski definition) is 1. The first-order chi connectivity index (χ1) is 10.9. The fraction of sp³-hybridized carbons (Fsp3) is 0.533. The van der Waals surface area contributed by atoms with Crippen LogP contribution in [0.25, 0.3) is 0 Å². The van der Waals surface area contributed by atoms with Crippen molar-refractivity contribution in [2.45, 2.75) is 37.4 Å². The predicted octanol–water partition coefficient (Wildman–Crippen LogP) is 2.99. The Morgan fingerprint density at radius 1 is 1.32 bits per heavy atom. The third-order valence-electron chi connectivity index (χ3n) is 3.76. The molecule has 0 fully saturated rings. The summed E-state index contributed by atoms with van der Waals surface area (Å²) in [6.07, 6.45) is -4.43. The van der Waals surface area contributed by atoms with E-state index < -0.39 is 32.2 Å². The van der Waals surface area contributed by atoms with Gasteiger partial charge in [-0.1, -0.05) is 13.8 Å². The molecule has 0 aromatic heterocycles. The monoisotopic (exact) mass is 399 g/mol. The van der Waals surface area contributed by atoms with E-state index in [4.69, 9.17) is 11.0 Å². The molecule has 1 atom stereocenters. The highest BCUT2D eigenvalue weighted by atomic mass is 35.5. The van der Waals surface area contributed by atoms with Crippen LogP contribution in [0.5, 0.6) is 0 Å². The molecule has 25 heavy (non-hydrogen) atoms. The number of nitrogens with zero attached hydrogens (tertiary/aromatic N) is 2. The molecule has 0 spiro atoms. The lowest BCUT2D eigenvalue weighted by Crippen LogP contribution is -2.34. The number of sulfonamides is 1. The standard InChI is InChI=1S/C15H20F3N3O2S.ClH/c1-10(2)14(20)6-7-21(3)24(22,23)12-5-4-11(9-19)13(8-12)15(16,17)18;/h4-5,8,10,14H,6-7,20H2,1-3H3;1H. The summed E-state index contributed by atoms with van der Waals surface area (Å²) in [6, 6.07) is 3.56. The maximum absolute atomic E-state index is 13.0. The fourth-order valence-electron chi connectivity index (χ4n) is 1.98. The Hall–Kier alpha value is -1.34. The van der Waals surface area contributed by atoms with Crippen molar-refractivity contribution in [3.05, 3.63) is 29.3 Å². The Bertz CT molecular complexity index is 731. The Morgan fingerprint density at radius 2 is 1.88 bits per heavy atom. The van der Waals surface area contributed by atoms with E-state index in [1.807, 2.05) is 13.8 Å². The van der Waals surface area contributed by atoms with E-state index in [1.165, 1.54) is 13.1 Å². The van der Waals surface area contributed by atoms with Crippen LogP contribution in [0.15, 0.2) is 23.1 Å². The zero-order chi connectivity index (χ0) is 18.7. The summed E-state index contributed by atoms with van der Waals surface area (Å²) >= 11 is 0. The number of alkyl halides is 3. The highest BCUT2D eigenvalue weighted by molar-refractivity contribution is 7.89. The van der Waals surface area contributed by atoms with Gasteiger partial charge in [0, 0.05) is 19.6 Å². The minimum atomic E-state index is -4.81. The summed E-state index contributed by atoms with van der Waals surface area (Å²) in [4.78, 5) is -0.505. The third kappa shape index (κ3) is 5.85. The molecule has 1 unspecified atom stereocenters. The van der Waals surface area contributed by atoms with Crippen LogP contribution in [-0.2, 0) is 16.2 Å². The summed E-state index contributed by atoms with van der Waals surface area (Å²) in [5.74, 6) is 0.160. The maximum atomic E-state index is 13.0. The Kier molecular flexibility index (Phi) is 8.38. The smallest absolute Gasteiger partial charge is 0.327 e. The molecule has 0 heterocycles. The molecule has 0 saturated carbocycles. The molecule has 1 aromatic rings. The molecule has 1 aromatic carbocycles. The van der Waals surface area contributed by atoms with Gasteiger partial charge in [0.2, 0.25) is 10.0 Å². The van der Waals surface area contributed by atoms with Gasteiger partial charge in [0.25, 0.3) is 0 Å². The summed E-state index contributed by atoms with van der Waals surface area (Å²) < 4.78 is 64.7. The molecule has 1 rings (SSSR count). The van der Waals surface area contributed by atoms with E-state index in [0.717, 1.165) is 16.4 Å². The second-order valence-corrected chi connectivity index (χ2v) is 7.88. The van der Waals surface area contributed by atoms with E-state index in [-0.39, 0.29) is 30.9 Å². The summed E-state index contributed by atoms with van der Waals surface area (Å²) in [6.45, 7) is 3.88. The molecule has 0 aliphatic rings. The van der Waals surface area contributed by atoms with Gasteiger partial charge in [0.05, 0.1) is 22.1 Å². The van der Waals surface area contributed by atoms with Gasteiger partial charge < -0.3 is 5.73 Å². The highest BCUT2D eigenvalue weighted by Gasteiger charge is 2.35. The van der Waals surface area contributed by atoms with Crippen LogP contribution in [0.1, 0.15) is 31.4 Å². The topological polar surface area (TPSA) is 87.2 Å². The molecule has 0 radical (unpaired) electrons. The van der Waals surface area contributed by atoms with E-state index in [1.54, 1.807) is 0 Å². The van der Waals surface area contributed by atoms with Gasteiger partial charge >= 0.3 is 6.18 Å². The van der Waals surface area contributed by atoms with Crippen LogP contribution in [0.4, 0.5) is 13.2 Å². The zero-order valence-electron chi connectivity index (χ0n) is 14.0. The van der Waals surface area contributed by atoms with Crippen molar-refractivity contribution in [1.29, 1.82) is 5.26 Å². The minimum Gasteiger partial charge on any atom is -0.327 e. The number of nitriles is 1. The first-order valence-corrected chi connectivity index (χ1v) is 8.68. The number of rotatable bonds is 6. The maximum Gasteiger partial charge on any atom is 0.417 e. The lowest BCUT2D eigenvalue weighted by Gasteiger charge is -2.21. The van der Waals surface area contributed by atoms with E-state index >= 15 is 0 Å². The van der Waals surface area contributed by atoms with Gasteiger partial charge in [-0.3, -0.25) is 0 Å². The van der Waals surface area contributed by atoms with Crippen molar-refractivity contribution in [3.63, 3.8) is 0 Å². The van der Waals surface area contributed by atoms with Gasteiger partial charge in [-0.15, -0.1) is 12.4 Å². The van der Waals surface area contributed by atoms with Gasteiger partial charge in [-0.2, -0.15) is 18.4 Å². The Morgan fingerprint density at radius 3 is 2.32 bits per heavy atom. The van der Waals surface area contributed by atoms with Gasteiger partial charge in [-0.05, 0) is 30.5 Å². The highest BCUT2D eigenvalue weighted by Crippen LogP contribution is 2.33. The van der Waals surface area contributed by atoms with E-state index in [9.17, 15) is 21.6 Å². The van der Waals surface area contributed by atoms with Crippen LogP contribution in [-0.4, -0.2) is 32.4 Å². The molecule has 2 N–H and O–H groups in total. The zero-order valence-corrected chi connectivity index (χ0v) is 15.7.